The Labute approximate surface area is 113 Å². The molecule has 0 bridgehead atoms. The highest BCUT2D eigenvalue weighted by molar-refractivity contribution is 5.74. The molecule has 6 N–H and O–H groups in total. The largest absolute Gasteiger partial charge is 0.394 e. The maximum absolute atomic E-state index is 11.5. The van der Waals surface area contributed by atoms with Crippen molar-refractivity contribution in [2.24, 2.45) is 5.29 Å². The molecule has 1 aliphatic rings. The van der Waals surface area contributed by atoms with Gasteiger partial charge in [0.1, 0.15) is 18.3 Å². The van der Waals surface area contributed by atoms with Gasteiger partial charge in [-0.1, -0.05) is 0 Å². The second-order valence-corrected chi connectivity index (χ2v) is 4.56. The van der Waals surface area contributed by atoms with Crippen LogP contribution in [0.4, 0.5) is 4.79 Å². The van der Waals surface area contributed by atoms with E-state index in [4.69, 9.17) is 9.84 Å². The van der Waals surface area contributed by atoms with Gasteiger partial charge in [-0.2, -0.15) is 5.01 Å². The van der Waals surface area contributed by atoms with Crippen molar-refractivity contribution in [2.75, 3.05) is 13.7 Å². The highest BCUT2D eigenvalue weighted by Crippen LogP contribution is 2.34. The molecule has 1 rings (SSSR count). The fourth-order valence-electron chi connectivity index (χ4n) is 1.80. The molecular formula is C9H17N3O8. The zero-order valence-corrected chi connectivity index (χ0v) is 10.8. The van der Waals surface area contributed by atoms with E-state index in [1.165, 1.54) is 0 Å². The quantitative estimate of drug-likeness (QED) is 0.179. The van der Waals surface area contributed by atoms with Gasteiger partial charge in [0.05, 0.1) is 11.9 Å². The number of nitrogens with zero attached hydrogens (tertiary/aromatic N) is 2. The SMILES string of the molecule is CN(N=O)C(=O)N[C@@]1(O)[C@@H](O)[C@H](O)[C@@H](CO)O[C@@]1(C)O. The number of nitroso groups, excluding NO2 is 1. The number of carbonyl (C=O) groups excluding carboxylic acids is 1. The fourth-order valence-corrected chi connectivity index (χ4v) is 1.80. The molecular weight excluding hydrogens is 278 g/mol. The summed E-state index contributed by atoms with van der Waals surface area (Å²) in [5.41, 5.74) is -2.83. The van der Waals surface area contributed by atoms with Gasteiger partial charge in [0.25, 0.3) is 0 Å². The lowest BCUT2D eigenvalue weighted by Crippen LogP contribution is -2.78. The average molecular weight is 295 g/mol. The first-order valence-corrected chi connectivity index (χ1v) is 5.59. The minimum atomic E-state index is -2.83. The van der Waals surface area contributed by atoms with E-state index in [1.807, 2.05) is 0 Å². The van der Waals surface area contributed by atoms with Crippen LogP contribution in [0.1, 0.15) is 6.92 Å². The Hall–Kier alpha value is -1.37. The summed E-state index contributed by atoms with van der Waals surface area (Å²) < 4.78 is 4.84. The summed E-state index contributed by atoms with van der Waals surface area (Å²) in [6.07, 6.45) is -5.26. The summed E-state index contributed by atoms with van der Waals surface area (Å²) in [4.78, 5) is 21.7. The average Bonchev–Trinajstić information content (AvgIpc) is 2.40. The van der Waals surface area contributed by atoms with Crippen molar-refractivity contribution in [2.45, 2.75) is 36.7 Å². The lowest BCUT2D eigenvalue weighted by molar-refractivity contribution is -0.387. The van der Waals surface area contributed by atoms with Crippen molar-refractivity contribution in [1.29, 1.82) is 0 Å². The Morgan fingerprint density at radius 1 is 1.45 bits per heavy atom. The Kier molecular flexibility index (Phi) is 4.63. The first kappa shape index (κ1) is 16.7. The molecule has 0 radical (unpaired) electrons. The fraction of sp³-hybridized carbons (Fsp3) is 0.889. The molecule has 11 heteroatoms. The first-order chi connectivity index (χ1) is 9.10. The van der Waals surface area contributed by atoms with Crippen molar-refractivity contribution in [1.82, 2.24) is 10.3 Å². The Morgan fingerprint density at radius 2 is 2.00 bits per heavy atom. The minimum Gasteiger partial charge on any atom is -0.394 e. The van der Waals surface area contributed by atoms with Crippen LogP contribution in [0.2, 0.25) is 0 Å². The van der Waals surface area contributed by atoms with E-state index in [2.05, 4.69) is 5.29 Å². The van der Waals surface area contributed by atoms with Crippen molar-refractivity contribution in [3.63, 3.8) is 0 Å². The normalized spacial score (nSPS) is 41.0. The van der Waals surface area contributed by atoms with Crippen LogP contribution in [-0.2, 0) is 4.74 Å². The summed E-state index contributed by atoms with van der Waals surface area (Å²) in [7, 11) is 0.962. The number of aliphatic hydroxyl groups excluding tert-OH is 3. The van der Waals surface area contributed by atoms with Crippen LogP contribution in [0.5, 0.6) is 0 Å². The zero-order chi connectivity index (χ0) is 15.7. The minimum absolute atomic E-state index is 0.255. The van der Waals surface area contributed by atoms with E-state index < -0.39 is 42.5 Å². The van der Waals surface area contributed by atoms with E-state index in [0.29, 0.717) is 0 Å². The molecule has 11 nitrogen and oxygen atoms in total. The predicted molar refractivity (Wildman–Crippen MR) is 61.6 cm³/mol. The molecule has 2 amide bonds. The van der Waals surface area contributed by atoms with Crippen molar-refractivity contribution in [3.8, 4) is 0 Å². The third-order valence-electron chi connectivity index (χ3n) is 3.11. The van der Waals surface area contributed by atoms with E-state index in [1.54, 1.807) is 5.32 Å². The summed E-state index contributed by atoms with van der Waals surface area (Å²) >= 11 is 0. The van der Waals surface area contributed by atoms with Crippen molar-refractivity contribution < 1.29 is 35.1 Å². The van der Waals surface area contributed by atoms with Crippen LogP contribution in [0.15, 0.2) is 5.29 Å². The topological polar surface area (TPSA) is 172 Å². The Balaban J connectivity index is 3.06. The first-order valence-electron chi connectivity index (χ1n) is 5.59. The van der Waals surface area contributed by atoms with E-state index >= 15 is 0 Å². The van der Waals surface area contributed by atoms with E-state index in [-0.39, 0.29) is 5.01 Å². The zero-order valence-electron chi connectivity index (χ0n) is 10.8. The molecule has 0 aliphatic carbocycles. The van der Waals surface area contributed by atoms with Crippen LogP contribution >= 0.6 is 0 Å². The van der Waals surface area contributed by atoms with Crippen LogP contribution in [0.3, 0.4) is 0 Å². The van der Waals surface area contributed by atoms with Gasteiger partial charge in [-0.05, 0) is 6.92 Å². The third-order valence-corrected chi connectivity index (χ3v) is 3.11. The van der Waals surface area contributed by atoms with Gasteiger partial charge in [-0.15, -0.1) is 4.91 Å². The van der Waals surface area contributed by atoms with Gasteiger partial charge in [0, 0.05) is 7.05 Å². The highest BCUT2D eigenvalue weighted by atomic mass is 16.7. The smallest absolute Gasteiger partial charge is 0.342 e. The predicted octanol–water partition coefficient (Wildman–Crippen LogP) is -3.18. The van der Waals surface area contributed by atoms with Gasteiger partial charge in [-0.3, -0.25) is 0 Å². The summed E-state index contributed by atoms with van der Waals surface area (Å²) in [5.74, 6) is -2.54. The van der Waals surface area contributed by atoms with Crippen LogP contribution in [0, 0.1) is 4.91 Å². The molecule has 0 spiro atoms. The molecule has 5 atom stereocenters. The number of amides is 2. The molecule has 0 aromatic rings. The Bertz CT molecular complexity index is 391. The lowest BCUT2D eigenvalue weighted by Gasteiger charge is -2.51. The molecule has 20 heavy (non-hydrogen) atoms. The van der Waals surface area contributed by atoms with Crippen LogP contribution in [0.25, 0.3) is 0 Å². The number of carbonyl (C=O) groups is 1. The number of hydrogen-bond donors (Lipinski definition) is 6. The maximum Gasteiger partial charge on any atom is 0.342 e. The van der Waals surface area contributed by atoms with Crippen LogP contribution < -0.4 is 5.32 Å². The molecule has 1 fully saturated rings. The number of aliphatic hydroxyl groups is 5. The highest BCUT2D eigenvalue weighted by Gasteiger charge is 2.62. The molecule has 0 aromatic carbocycles. The number of urea groups is 1. The molecule has 116 valence electrons. The molecule has 0 unspecified atom stereocenters. The van der Waals surface area contributed by atoms with Gasteiger partial charge < -0.3 is 35.6 Å². The van der Waals surface area contributed by atoms with Gasteiger partial charge in [0.15, 0.2) is 0 Å². The number of rotatable bonds is 3. The number of ether oxygens (including phenoxy) is 1. The summed E-state index contributed by atoms with van der Waals surface area (Å²) in [6, 6.07) is -1.25. The van der Waals surface area contributed by atoms with Crippen LogP contribution in [-0.4, -0.2) is 80.1 Å². The molecule has 0 aromatic heterocycles. The monoisotopic (exact) mass is 295 g/mol. The van der Waals surface area contributed by atoms with Crippen molar-refractivity contribution >= 4 is 6.03 Å². The van der Waals surface area contributed by atoms with E-state index in [0.717, 1.165) is 14.0 Å². The summed E-state index contributed by atoms with van der Waals surface area (Å²) in [6.45, 7) is 0.160. The van der Waals surface area contributed by atoms with Gasteiger partial charge in [0.2, 0.25) is 11.5 Å². The number of hydrogen-bond acceptors (Lipinski definition) is 9. The Morgan fingerprint density at radius 3 is 2.45 bits per heavy atom. The van der Waals surface area contributed by atoms with E-state index in [9.17, 15) is 30.1 Å². The van der Waals surface area contributed by atoms with Gasteiger partial charge >= 0.3 is 6.03 Å². The number of nitrogens with one attached hydrogen (secondary N) is 1. The lowest BCUT2D eigenvalue weighted by atomic mass is 9.87. The maximum atomic E-state index is 11.5. The third kappa shape index (κ3) is 2.59. The second kappa shape index (κ2) is 5.55. The molecule has 1 saturated heterocycles. The molecule has 0 saturated carbocycles. The molecule has 1 aliphatic heterocycles. The summed E-state index contributed by atoms with van der Waals surface area (Å²) in [5, 5.41) is 52.9. The van der Waals surface area contributed by atoms with Crippen molar-refractivity contribution in [3.05, 3.63) is 4.91 Å². The second-order valence-electron chi connectivity index (χ2n) is 4.56. The van der Waals surface area contributed by atoms with Gasteiger partial charge in [-0.25, -0.2) is 4.79 Å². The molecule has 1 heterocycles. The standard InChI is InChI=1S/C9H17N3O8/c1-8(17)9(18,10-7(16)12(2)11-19)6(15)5(14)4(3-13)20-8/h4-6,13-15,17-18H,3H2,1-2H3,(H,10,16)/t4-,5-,6+,8-,9-/m1/s1.